The summed E-state index contributed by atoms with van der Waals surface area (Å²) in [7, 11) is 3.24. The Morgan fingerprint density at radius 3 is 2.21 bits per heavy atom. The Balaban J connectivity index is 1.55. The van der Waals surface area contributed by atoms with Crippen LogP contribution in [0.5, 0.6) is 11.5 Å². The number of para-hydroxylation sites is 1. The summed E-state index contributed by atoms with van der Waals surface area (Å²) in [4.78, 5) is 31.0. The summed E-state index contributed by atoms with van der Waals surface area (Å²) in [6, 6.07) is 22.7. The van der Waals surface area contributed by atoms with E-state index in [4.69, 9.17) is 9.47 Å². The van der Waals surface area contributed by atoms with Crippen LogP contribution < -0.4 is 19.3 Å². The summed E-state index contributed by atoms with van der Waals surface area (Å²) in [5.41, 5.74) is 3.80. The molecule has 2 unspecified atom stereocenters. The van der Waals surface area contributed by atoms with Crippen LogP contribution in [0.3, 0.4) is 0 Å². The number of anilines is 2. The lowest BCUT2D eigenvalue weighted by Gasteiger charge is -2.34. The van der Waals surface area contributed by atoms with E-state index >= 15 is 0 Å². The van der Waals surface area contributed by atoms with Gasteiger partial charge in [0, 0.05) is 24.3 Å². The van der Waals surface area contributed by atoms with Gasteiger partial charge in [0.25, 0.3) is 0 Å². The number of methoxy groups -OCH3 is 2. The first kappa shape index (κ1) is 22.0. The van der Waals surface area contributed by atoms with Gasteiger partial charge in [0.1, 0.15) is 11.5 Å². The highest BCUT2D eigenvalue weighted by Crippen LogP contribution is 2.44. The molecule has 2 amide bonds. The molecule has 2 atom stereocenters. The minimum atomic E-state index is -0.492. The lowest BCUT2D eigenvalue weighted by molar-refractivity contribution is -0.124. The van der Waals surface area contributed by atoms with Crippen LogP contribution in [0.4, 0.5) is 11.4 Å². The van der Waals surface area contributed by atoms with Crippen LogP contribution in [-0.2, 0) is 16.0 Å². The third kappa shape index (κ3) is 3.89. The molecule has 2 heterocycles. The van der Waals surface area contributed by atoms with Gasteiger partial charge in [-0.25, -0.2) is 0 Å². The van der Waals surface area contributed by atoms with Gasteiger partial charge in [-0.1, -0.05) is 30.3 Å². The number of amides is 2. The molecule has 3 aromatic carbocycles. The molecule has 0 bridgehead atoms. The zero-order chi connectivity index (χ0) is 23.7. The Labute approximate surface area is 199 Å². The Morgan fingerprint density at radius 2 is 1.53 bits per heavy atom. The van der Waals surface area contributed by atoms with Gasteiger partial charge in [0.05, 0.1) is 26.2 Å². The molecule has 6 heteroatoms. The van der Waals surface area contributed by atoms with Crippen LogP contribution >= 0.6 is 0 Å². The first-order valence-corrected chi connectivity index (χ1v) is 11.6. The molecule has 0 spiro atoms. The maximum Gasteiger partial charge on any atom is 0.233 e. The van der Waals surface area contributed by atoms with Gasteiger partial charge in [0.2, 0.25) is 11.8 Å². The summed E-state index contributed by atoms with van der Waals surface area (Å²) in [6.45, 7) is 0.665. The van der Waals surface area contributed by atoms with Crippen molar-refractivity contribution in [3.8, 4) is 11.5 Å². The molecule has 0 aliphatic carbocycles. The van der Waals surface area contributed by atoms with Crippen molar-refractivity contribution in [2.75, 3.05) is 30.6 Å². The lowest BCUT2D eigenvalue weighted by Crippen LogP contribution is -2.41. The maximum absolute atomic E-state index is 14.0. The van der Waals surface area contributed by atoms with Crippen molar-refractivity contribution in [3.63, 3.8) is 0 Å². The van der Waals surface area contributed by atoms with Crippen LogP contribution in [0.15, 0.2) is 72.8 Å². The lowest BCUT2D eigenvalue weighted by atomic mass is 9.90. The molecule has 5 rings (SSSR count). The molecule has 0 aromatic heterocycles. The first-order valence-electron chi connectivity index (χ1n) is 11.6. The van der Waals surface area contributed by atoms with E-state index < -0.39 is 12.0 Å². The number of carbonyl (C=O) groups is 2. The standard InChI is InChI=1S/C28H28N2O4/c1-33-22-13-9-20(10-14-22)27-24(18-26(31)30(27)21-11-15-23(34-2)16-12-21)28(32)29-17-5-7-19-6-3-4-8-25(19)29/h3-4,6,8-16,24,27H,5,7,17-18H2,1-2H3. The molecule has 6 nitrogen and oxygen atoms in total. The van der Waals surface area contributed by atoms with Gasteiger partial charge in [-0.2, -0.15) is 0 Å². The SMILES string of the molecule is COc1ccc(C2C(C(=O)N3CCCc4ccccc43)CC(=O)N2c2ccc(OC)cc2)cc1. The van der Waals surface area contributed by atoms with Gasteiger partial charge in [0.15, 0.2) is 0 Å². The number of hydrogen-bond donors (Lipinski definition) is 0. The van der Waals surface area contributed by atoms with Gasteiger partial charge in [-0.3, -0.25) is 9.59 Å². The van der Waals surface area contributed by atoms with Crippen molar-refractivity contribution in [1.82, 2.24) is 0 Å². The zero-order valence-electron chi connectivity index (χ0n) is 19.4. The maximum atomic E-state index is 14.0. The minimum absolute atomic E-state index is 0.00247. The van der Waals surface area contributed by atoms with Crippen molar-refractivity contribution in [1.29, 1.82) is 0 Å². The van der Waals surface area contributed by atoms with Crippen LogP contribution in [0, 0.1) is 5.92 Å². The molecule has 34 heavy (non-hydrogen) atoms. The Kier molecular flexibility index (Phi) is 5.97. The third-order valence-electron chi connectivity index (χ3n) is 6.82. The summed E-state index contributed by atoms with van der Waals surface area (Å²) >= 11 is 0. The van der Waals surface area contributed by atoms with Gasteiger partial charge >= 0.3 is 0 Å². The zero-order valence-corrected chi connectivity index (χ0v) is 19.4. The fraction of sp³-hybridized carbons (Fsp3) is 0.286. The largest absolute Gasteiger partial charge is 0.497 e. The normalized spacial score (nSPS) is 19.6. The van der Waals surface area contributed by atoms with Crippen molar-refractivity contribution in [3.05, 3.63) is 83.9 Å². The fourth-order valence-electron chi connectivity index (χ4n) is 5.15. The van der Waals surface area contributed by atoms with E-state index in [0.717, 1.165) is 35.5 Å². The number of fused-ring (bicyclic) bond motifs is 1. The number of carbonyl (C=O) groups excluding carboxylic acids is 2. The highest BCUT2D eigenvalue weighted by atomic mass is 16.5. The Morgan fingerprint density at radius 1 is 0.882 bits per heavy atom. The first-order chi connectivity index (χ1) is 16.6. The molecular formula is C28H28N2O4. The van der Waals surface area contributed by atoms with E-state index in [1.807, 2.05) is 71.6 Å². The molecule has 174 valence electrons. The Bertz CT molecular complexity index is 1190. The van der Waals surface area contributed by atoms with Crippen LogP contribution in [0.1, 0.15) is 30.0 Å². The highest BCUT2D eigenvalue weighted by molar-refractivity contribution is 6.06. The predicted molar refractivity (Wildman–Crippen MR) is 131 cm³/mol. The molecule has 1 saturated heterocycles. The van der Waals surface area contributed by atoms with Crippen LogP contribution in [0.2, 0.25) is 0 Å². The second-order valence-electron chi connectivity index (χ2n) is 8.71. The number of nitrogens with zero attached hydrogens (tertiary/aromatic N) is 2. The number of benzene rings is 3. The van der Waals surface area contributed by atoms with Gasteiger partial charge in [-0.15, -0.1) is 0 Å². The minimum Gasteiger partial charge on any atom is -0.497 e. The molecular weight excluding hydrogens is 428 g/mol. The molecule has 0 saturated carbocycles. The van der Waals surface area contributed by atoms with Crippen molar-refractivity contribution in [2.45, 2.75) is 25.3 Å². The number of ether oxygens (including phenoxy) is 2. The number of rotatable bonds is 5. The quantitative estimate of drug-likeness (QED) is 0.555. The second kappa shape index (κ2) is 9.21. The van der Waals surface area contributed by atoms with Gasteiger partial charge < -0.3 is 19.3 Å². The molecule has 1 fully saturated rings. The van der Waals surface area contributed by atoms with Gasteiger partial charge in [-0.05, 0) is 66.4 Å². The highest BCUT2D eigenvalue weighted by Gasteiger charge is 2.47. The van der Waals surface area contributed by atoms with E-state index in [2.05, 4.69) is 6.07 Å². The van der Waals surface area contributed by atoms with Crippen molar-refractivity contribution >= 4 is 23.2 Å². The van der Waals surface area contributed by atoms with E-state index in [1.54, 1.807) is 19.1 Å². The predicted octanol–water partition coefficient (Wildman–Crippen LogP) is 4.78. The molecule has 0 radical (unpaired) electrons. The van der Waals surface area contributed by atoms with Crippen molar-refractivity contribution < 1.29 is 19.1 Å². The van der Waals surface area contributed by atoms with E-state index in [9.17, 15) is 9.59 Å². The smallest absolute Gasteiger partial charge is 0.233 e. The monoisotopic (exact) mass is 456 g/mol. The summed E-state index contributed by atoms with van der Waals surface area (Å²) < 4.78 is 10.6. The summed E-state index contributed by atoms with van der Waals surface area (Å²) in [5.74, 6) is 0.895. The van der Waals surface area contributed by atoms with E-state index in [0.29, 0.717) is 12.3 Å². The summed E-state index contributed by atoms with van der Waals surface area (Å²) in [6.07, 6.45) is 2.04. The summed E-state index contributed by atoms with van der Waals surface area (Å²) in [5, 5.41) is 0. The van der Waals surface area contributed by atoms with Crippen LogP contribution in [0.25, 0.3) is 0 Å². The molecule has 3 aromatic rings. The average Bonchev–Trinajstić information content (AvgIpc) is 3.24. The van der Waals surface area contributed by atoms with Crippen molar-refractivity contribution in [2.24, 2.45) is 5.92 Å². The molecule has 0 N–H and O–H groups in total. The molecule has 2 aliphatic heterocycles. The topological polar surface area (TPSA) is 59.1 Å². The van der Waals surface area contributed by atoms with Crippen LogP contribution in [-0.4, -0.2) is 32.6 Å². The fourth-order valence-corrected chi connectivity index (χ4v) is 5.15. The number of aryl methyl sites for hydroxylation is 1. The number of hydrogen-bond acceptors (Lipinski definition) is 4. The third-order valence-corrected chi connectivity index (χ3v) is 6.82. The van der Waals surface area contributed by atoms with E-state index in [1.165, 1.54) is 5.56 Å². The molecule has 2 aliphatic rings. The Hall–Kier alpha value is -3.80. The van der Waals surface area contributed by atoms with E-state index in [-0.39, 0.29) is 18.2 Å². The average molecular weight is 457 g/mol. The second-order valence-corrected chi connectivity index (χ2v) is 8.71.